The molecule has 1 heterocycles. The lowest BCUT2D eigenvalue weighted by Gasteiger charge is -2.12. The number of aromatic nitrogens is 1. The maximum Gasteiger partial charge on any atom is 0.325 e. The van der Waals surface area contributed by atoms with Crippen LogP contribution in [0, 0.1) is 5.82 Å². The molecular weight excluding hydrogens is 287 g/mol. The van der Waals surface area contributed by atoms with Gasteiger partial charge in [0.2, 0.25) is 0 Å². The van der Waals surface area contributed by atoms with Gasteiger partial charge < -0.3 is 10.4 Å². The maximum absolute atomic E-state index is 13.5. The molecule has 2 aromatic rings. The van der Waals surface area contributed by atoms with Gasteiger partial charge in [-0.3, -0.25) is 14.6 Å². The number of hydrogen-bond acceptors (Lipinski definition) is 3. The molecule has 1 aliphatic rings. The highest BCUT2D eigenvalue weighted by Crippen LogP contribution is 2.40. The molecule has 2 N–H and O–H groups in total. The Hall–Kier alpha value is -2.50. The number of amides is 1. The first kappa shape index (κ1) is 14.4. The molecule has 0 unspecified atom stereocenters. The Morgan fingerprint density at radius 2 is 2.09 bits per heavy atom. The highest BCUT2D eigenvalue weighted by Gasteiger charge is 2.27. The Morgan fingerprint density at radius 1 is 1.36 bits per heavy atom. The van der Waals surface area contributed by atoms with Crippen molar-refractivity contribution in [3.05, 3.63) is 41.3 Å². The summed E-state index contributed by atoms with van der Waals surface area (Å²) in [6.07, 6.45) is 2.04. The number of aliphatic carboxylic acids is 1. The van der Waals surface area contributed by atoms with E-state index < -0.39 is 23.7 Å². The van der Waals surface area contributed by atoms with Crippen LogP contribution in [0.3, 0.4) is 0 Å². The van der Waals surface area contributed by atoms with Crippen LogP contribution in [0.4, 0.5) is 4.39 Å². The molecule has 6 heteroatoms. The number of halogens is 1. The van der Waals surface area contributed by atoms with Crippen LogP contribution in [0.1, 0.15) is 41.7 Å². The van der Waals surface area contributed by atoms with Gasteiger partial charge in [0, 0.05) is 17.0 Å². The third kappa shape index (κ3) is 2.77. The molecule has 1 aliphatic carbocycles. The number of pyridine rings is 1. The van der Waals surface area contributed by atoms with E-state index in [1.807, 2.05) is 0 Å². The second-order valence-electron chi connectivity index (χ2n) is 5.56. The van der Waals surface area contributed by atoms with Crippen LogP contribution in [0.2, 0.25) is 0 Å². The molecule has 3 rings (SSSR count). The van der Waals surface area contributed by atoms with E-state index in [9.17, 15) is 14.0 Å². The van der Waals surface area contributed by atoms with Gasteiger partial charge in [0.25, 0.3) is 5.91 Å². The number of carboxylic acid groups (broad SMARTS) is 1. The average Bonchev–Trinajstić information content (AvgIpc) is 3.30. The lowest BCUT2D eigenvalue weighted by atomic mass is 10.0. The number of nitrogens with one attached hydrogen (secondary N) is 1. The van der Waals surface area contributed by atoms with Gasteiger partial charge in [0.1, 0.15) is 11.9 Å². The Balaban J connectivity index is 2.07. The minimum absolute atomic E-state index is 0.263. The quantitative estimate of drug-likeness (QED) is 0.909. The zero-order valence-corrected chi connectivity index (χ0v) is 12.0. The molecule has 22 heavy (non-hydrogen) atoms. The molecule has 114 valence electrons. The van der Waals surface area contributed by atoms with Crippen LogP contribution >= 0.6 is 0 Å². The summed E-state index contributed by atoms with van der Waals surface area (Å²) < 4.78 is 13.5. The smallest absolute Gasteiger partial charge is 0.325 e. The van der Waals surface area contributed by atoms with Crippen LogP contribution in [0.15, 0.2) is 24.3 Å². The first-order valence-corrected chi connectivity index (χ1v) is 7.09. The molecule has 5 nitrogen and oxygen atoms in total. The SMILES string of the molecule is C[C@H](NC(=O)c1cc(C2CC2)nc2ccc(F)cc12)C(=O)O. The molecule has 1 atom stereocenters. The van der Waals surface area contributed by atoms with E-state index in [0.717, 1.165) is 18.5 Å². The molecule has 0 radical (unpaired) electrons. The number of carbonyl (C=O) groups excluding carboxylic acids is 1. The molecule has 1 aromatic carbocycles. The summed E-state index contributed by atoms with van der Waals surface area (Å²) in [5.74, 6) is -1.79. The zero-order valence-electron chi connectivity index (χ0n) is 12.0. The summed E-state index contributed by atoms with van der Waals surface area (Å²) in [5, 5.41) is 11.7. The van der Waals surface area contributed by atoms with Crippen molar-refractivity contribution in [2.75, 3.05) is 0 Å². The molecule has 1 aromatic heterocycles. The van der Waals surface area contributed by atoms with E-state index in [4.69, 9.17) is 5.11 Å². The molecular formula is C16H15FN2O3. The van der Waals surface area contributed by atoms with E-state index in [-0.39, 0.29) is 5.56 Å². The summed E-state index contributed by atoms with van der Waals surface area (Å²) >= 11 is 0. The van der Waals surface area contributed by atoms with Gasteiger partial charge in [-0.05, 0) is 44.0 Å². The fraction of sp³-hybridized carbons (Fsp3) is 0.312. The minimum atomic E-state index is -1.12. The van der Waals surface area contributed by atoms with Crippen molar-refractivity contribution in [1.29, 1.82) is 0 Å². The van der Waals surface area contributed by atoms with Crippen molar-refractivity contribution in [1.82, 2.24) is 10.3 Å². The number of hydrogen-bond donors (Lipinski definition) is 2. The molecule has 0 aliphatic heterocycles. The monoisotopic (exact) mass is 302 g/mol. The van der Waals surface area contributed by atoms with Crippen LogP contribution in [0.25, 0.3) is 10.9 Å². The standard InChI is InChI=1S/C16H15FN2O3/c1-8(16(21)22)18-15(20)12-7-14(9-2-3-9)19-13-5-4-10(17)6-11(12)13/h4-9H,2-3H2,1H3,(H,18,20)(H,21,22)/t8-/m0/s1. The molecule has 0 bridgehead atoms. The predicted molar refractivity (Wildman–Crippen MR) is 78.2 cm³/mol. The largest absolute Gasteiger partial charge is 0.480 e. The van der Waals surface area contributed by atoms with Crippen LogP contribution in [-0.2, 0) is 4.79 Å². The topological polar surface area (TPSA) is 79.3 Å². The Kier molecular flexibility index (Phi) is 3.52. The van der Waals surface area contributed by atoms with Gasteiger partial charge in [-0.15, -0.1) is 0 Å². The van der Waals surface area contributed by atoms with Crippen LogP contribution < -0.4 is 5.32 Å². The number of carbonyl (C=O) groups is 2. The normalized spacial score (nSPS) is 15.5. The lowest BCUT2D eigenvalue weighted by molar-refractivity contribution is -0.138. The number of carboxylic acids is 1. The average molecular weight is 302 g/mol. The predicted octanol–water partition coefficient (Wildman–Crippen LogP) is 2.45. The van der Waals surface area contributed by atoms with Crippen molar-refractivity contribution < 1.29 is 19.1 Å². The van der Waals surface area contributed by atoms with Crippen molar-refractivity contribution in [2.45, 2.75) is 31.7 Å². The Bertz CT molecular complexity index is 771. The summed E-state index contributed by atoms with van der Waals surface area (Å²) in [6, 6.07) is 4.71. The van der Waals surface area contributed by atoms with Gasteiger partial charge in [-0.1, -0.05) is 0 Å². The molecule has 0 saturated heterocycles. The summed E-state index contributed by atoms with van der Waals surface area (Å²) in [4.78, 5) is 27.7. The minimum Gasteiger partial charge on any atom is -0.480 e. The van der Waals surface area contributed by atoms with Gasteiger partial charge in [0.15, 0.2) is 0 Å². The van der Waals surface area contributed by atoms with Crippen molar-refractivity contribution in [3.8, 4) is 0 Å². The fourth-order valence-corrected chi connectivity index (χ4v) is 2.33. The number of fused-ring (bicyclic) bond motifs is 1. The van der Waals surface area contributed by atoms with E-state index in [1.54, 1.807) is 6.07 Å². The Morgan fingerprint density at radius 3 is 2.73 bits per heavy atom. The molecule has 1 saturated carbocycles. The fourth-order valence-electron chi connectivity index (χ4n) is 2.33. The van der Waals surface area contributed by atoms with Crippen LogP contribution in [0.5, 0.6) is 0 Å². The van der Waals surface area contributed by atoms with Crippen LogP contribution in [-0.4, -0.2) is 28.0 Å². The highest BCUT2D eigenvalue weighted by molar-refractivity contribution is 6.07. The van der Waals surface area contributed by atoms with E-state index in [2.05, 4.69) is 10.3 Å². The van der Waals surface area contributed by atoms with Crippen molar-refractivity contribution in [3.63, 3.8) is 0 Å². The molecule has 1 fully saturated rings. The van der Waals surface area contributed by atoms with Gasteiger partial charge in [0.05, 0.1) is 11.1 Å². The summed E-state index contributed by atoms with van der Waals surface area (Å²) in [7, 11) is 0. The second kappa shape index (κ2) is 5.36. The number of rotatable bonds is 4. The van der Waals surface area contributed by atoms with Gasteiger partial charge in [-0.2, -0.15) is 0 Å². The number of benzene rings is 1. The third-order valence-corrected chi connectivity index (χ3v) is 3.75. The van der Waals surface area contributed by atoms with E-state index in [1.165, 1.54) is 25.1 Å². The van der Waals surface area contributed by atoms with Gasteiger partial charge >= 0.3 is 5.97 Å². The summed E-state index contributed by atoms with van der Waals surface area (Å²) in [6.45, 7) is 1.38. The molecule has 0 spiro atoms. The second-order valence-corrected chi connectivity index (χ2v) is 5.56. The zero-order chi connectivity index (χ0) is 15.9. The third-order valence-electron chi connectivity index (χ3n) is 3.75. The van der Waals surface area contributed by atoms with Crippen molar-refractivity contribution >= 4 is 22.8 Å². The summed E-state index contributed by atoms with van der Waals surface area (Å²) in [5.41, 5.74) is 1.60. The highest BCUT2D eigenvalue weighted by atomic mass is 19.1. The first-order chi connectivity index (χ1) is 10.5. The number of nitrogens with zero attached hydrogens (tertiary/aromatic N) is 1. The first-order valence-electron chi connectivity index (χ1n) is 7.09. The Labute approximate surface area is 126 Å². The van der Waals surface area contributed by atoms with E-state index >= 15 is 0 Å². The lowest BCUT2D eigenvalue weighted by Crippen LogP contribution is -2.38. The maximum atomic E-state index is 13.5. The van der Waals surface area contributed by atoms with E-state index in [0.29, 0.717) is 16.8 Å². The van der Waals surface area contributed by atoms with Gasteiger partial charge in [-0.25, -0.2) is 4.39 Å². The van der Waals surface area contributed by atoms with Crippen molar-refractivity contribution in [2.24, 2.45) is 0 Å². The molecule has 1 amide bonds.